The lowest BCUT2D eigenvalue weighted by molar-refractivity contribution is -0.128. The van der Waals surface area contributed by atoms with Crippen LogP contribution >= 0.6 is 130 Å². The summed E-state index contributed by atoms with van der Waals surface area (Å²) >= 11 is 0. The zero-order chi connectivity index (χ0) is 89.8. The van der Waals surface area contributed by atoms with Crippen LogP contribution in [0.3, 0.4) is 0 Å². The molecular weight excluding hydrogens is 1700 g/mol. The van der Waals surface area contributed by atoms with E-state index in [-0.39, 0.29) is 97.7 Å². The Labute approximate surface area is 765 Å². The van der Waals surface area contributed by atoms with Gasteiger partial charge in [0.2, 0.25) is 29.5 Å². The van der Waals surface area contributed by atoms with Crippen LogP contribution in [0.4, 0.5) is 4.79 Å². The number of hydrogen-bond donors (Lipinski definition) is 11. The standard InChI is InChI=1S/C20H40N2O2S2.C18H38N4O2S4.C18H36N2O2S2.C17H33NO2S2.C11H24N2OS2.CH4/c1-19(2,3)17(23)11-15-25-26-16-12-18(24)21-13-9-7-8-10-14-22-20(4,5)6;1-17(2,3)15(23)19-7-11-25-26-12-8-20-16(24)21-9-13-27-28-14-10-22-18(4,5)6;1-17(2,3)15(21)9-7-8-10-16(22)19-11-13-23-24-14-12-20-18(4,5)6;1-16(2,3)14(19)10-8-7-9-12-18-15(20)11-13-21-22-17(4,5)6;1-9(2)11(14)13-6-8-16-15-7-5-12-10(3)4;/h22H,7-16H2,1-6H3,(H,21,24);22H,7-14H2,1-6H3,(H,19,23)(H2,20,21,24);20H,7-14H2,1-6H3,(H,19,22);7-13H2,1-6H3,(H,18,20);9-10,12H,5-8H2,1-4H3,(H,13,14);1H4. The topological polar surface area (TPSA) is 286 Å². The normalized spacial score (nSPS) is 11.9. The highest BCUT2D eigenvalue weighted by Gasteiger charge is 2.24. The Hall–Kier alpha value is -0.330. The quantitative estimate of drug-likeness (QED) is 0.0199. The number of hydrogen-bond acceptors (Lipinski definition) is 25. The van der Waals surface area contributed by atoms with Crippen molar-refractivity contribution in [1.29, 1.82) is 0 Å². The molecule has 0 aliphatic rings. The number of carbonyl (C=O) groups excluding carboxylic acids is 9. The first-order chi connectivity index (χ1) is 53.6. The minimum Gasteiger partial charge on any atom is -0.356 e. The maximum atomic E-state index is 11.8. The van der Waals surface area contributed by atoms with Crippen molar-refractivity contribution < 1.29 is 43.2 Å². The van der Waals surface area contributed by atoms with Gasteiger partial charge >= 0.3 is 6.03 Å². The maximum absolute atomic E-state index is 11.8. The van der Waals surface area contributed by atoms with Crippen LogP contribution in [0, 0.1) is 27.6 Å². The van der Waals surface area contributed by atoms with Gasteiger partial charge in [0.05, 0.1) is 0 Å². The lowest BCUT2D eigenvalue weighted by Crippen LogP contribution is -2.37. The van der Waals surface area contributed by atoms with Crippen molar-refractivity contribution in [1.82, 2.24) is 58.5 Å². The van der Waals surface area contributed by atoms with Crippen LogP contribution in [0.15, 0.2) is 0 Å². The Kier molecular flexibility index (Phi) is 83.7. The summed E-state index contributed by atoms with van der Waals surface area (Å²) in [5.41, 5.74) is -0.520. The van der Waals surface area contributed by atoms with Crippen LogP contribution in [-0.2, 0) is 38.4 Å². The summed E-state index contributed by atoms with van der Waals surface area (Å²) in [4.78, 5) is 105. The molecule has 0 unspecified atom stereocenters. The third-order valence-electron chi connectivity index (χ3n) is 15.0. The van der Waals surface area contributed by atoms with Crippen molar-refractivity contribution in [2.45, 2.75) is 325 Å². The van der Waals surface area contributed by atoms with Crippen molar-refractivity contribution in [2.24, 2.45) is 27.6 Å². The maximum Gasteiger partial charge on any atom is 0.314 e. The van der Waals surface area contributed by atoms with Gasteiger partial charge in [-0.2, -0.15) is 0 Å². The second kappa shape index (κ2) is 76.9. The molecule has 0 heterocycles. The summed E-state index contributed by atoms with van der Waals surface area (Å²) < 4.78 is 0.242. The lowest BCUT2D eigenvalue weighted by Gasteiger charge is -2.20. The first kappa shape index (κ1) is 127. The van der Waals surface area contributed by atoms with Gasteiger partial charge in [-0.3, -0.25) is 38.4 Å². The van der Waals surface area contributed by atoms with Crippen LogP contribution in [0.5, 0.6) is 0 Å². The summed E-state index contributed by atoms with van der Waals surface area (Å²) in [5, 5.41) is 34.2. The van der Waals surface area contributed by atoms with Gasteiger partial charge in [-0.1, -0.05) is 288 Å². The second-order valence-corrected chi connectivity index (χ2v) is 53.5. The highest BCUT2D eigenvalue weighted by atomic mass is 33.1. The lowest BCUT2D eigenvalue weighted by atomic mass is 9.88. The van der Waals surface area contributed by atoms with Crippen molar-refractivity contribution >= 4 is 182 Å². The molecule has 0 rings (SSSR count). The average Bonchev–Trinajstić information content (AvgIpc) is 0.931. The van der Waals surface area contributed by atoms with Gasteiger partial charge < -0.3 is 58.5 Å². The molecule has 0 radical (unpaired) electrons. The smallest absolute Gasteiger partial charge is 0.314 e. The molecular formula is C85H175N11O9S12. The molecule has 0 aliphatic carbocycles. The SMILES string of the molecule is C.CC(C)(C)NCCCCCCNC(=O)CCSSCCC(=O)C(C)(C)C.CC(C)(C)NCCSSCCNC(=O)CCCCC(=O)C(C)(C)C.CC(C)(C)NCCSSCCNC(=O)NCCSSCCNC(=O)C(C)(C)C.CC(C)(C)SSCCC(=O)NCCCCCC(=O)C(C)(C)C.CC(C)NCCSSCCNC(=O)C(C)C. The van der Waals surface area contributed by atoms with E-state index in [9.17, 15) is 43.2 Å². The Morgan fingerprint density at radius 2 is 0.556 bits per heavy atom. The number of rotatable bonds is 59. The molecule has 7 amide bonds. The predicted octanol–water partition coefficient (Wildman–Crippen LogP) is 20.1. The van der Waals surface area contributed by atoms with Crippen LogP contribution in [0.1, 0.15) is 298 Å². The zero-order valence-corrected chi connectivity index (χ0v) is 87.7. The average molecular weight is 1880 g/mol. The van der Waals surface area contributed by atoms with Crippen LogP contribution in [0.25, 0.3) is 0 Å². The van der Waals surface area contributed by atoms with Crippen molar-refractivity contribution in [3.63, 3.8) is 0 Å². The first-order valence-corrected chi connectivity index (χ1v) is 56.9. The molecule has 32 heteroatoms. The van der Waals surface area contributed by atoms with E-state index in [0.29, 0.717) is 82.3 Å². The summed E-state index contributed by atoms with van der Waals surface area (Å²) in [6, 6.07) is 0.457. The van der Waals surface area contributed by atoms with E-state index < -0.39 is 0 Å². The fourth-order valence-electron chi connectivity index (χ4n) is 8.21. The summed E-state index contributed by atoms with van der Waals surface area (Å²) in [6.07, 6.45) is 12.6. The van der Waals surface area contributed by atoms with Gasteiger partial charge in [0.1, 0.15) is 17.3 Å². The van der Waals surface area contributed by atoms with Crippen molar-refractivity contribution in [2.75, 3.05) is 135 Å². The molecule has 0 fully saturated rings. The Balaban J connectivity index is -0.000000332. The van der Waals surface area contributed by atoms with Gasteiger partial charge in [-0.15, -0.1) is 0 Å². The predicted molar refractivity (Wildman–Crippen MR) is 541 cm³/mol. The minimum absolute atomic E-state index is 0. The molecule has 0 saturated carbocycles. The Morgan fingerprint density at radius 1 is 0.265 bits per heavy atom. The summed E-state index contributed by atoms with van der Waals surface area (Å²) in [5.74, 6) is 11.8. The Morgan fingerprint density at radius 3 is 0.932 bits per heavy atom. The fraction of sp³-hybridized carbons (Fsp3) is 0.894. The molecule has 11 N–H and O–H groups in total. The molecule has 20 nitrogen and oxygen atoms in total. The summed E-state index contributed by atoms with van der Waals surface area (Å²) in [7, 11) is 21.3. The van der Waals surface area contributed by atoms with E-state index in [0.717, 1.165) is 148 Å². The van der Waals surface area contributed by atoms with Crippen LogP contribution < -0.4 is 58.5 Å². The van der Waals surface area contributed by atoms with Crippen molar-refractivity contribution in [3.8, 4) is 0 Å². The van der Waals surface area contributed by atoms with E-state index in [4.69, 9.17) is 0 Å². The highest BCUT2D eigenvalue weighted by molar-refractivity contribution is 8.78. The second-order valence-electron chi connectivity index (χ2n) is 36.8. The number of amides is 7. The molecule has 0 aromatic heterocycles. The molecule has 0 spiro atoms. The number of carbonyl (C=O) groups is 9. The van der Waals surface area contributed by atoms with Gasteiger partial charge in [-0.05, 0) is 107 Å². The fourth-order valence-corrected chi connectivity index (χ4v) is 19.7. The van der Waals surface area contributed by atoms with Crippen molar-refractivity contribution in [3.05, 3.63) is 0 Å². The first-order valence-electron chi connectivity index (χ1n) is 42.1. The molecule has 0 bridgehead atoms. The number of unbranched alkanes of at least 4 members (excludes halogenated alkanes) is 6. The van der Waals surface area contributed by atoms with Gasteiger partial charge in [0, 0.05) is 222 Å². The highest BCUT2D eigenvalue weighted by Crippen LogP contribution is 2.35. The van der Waals surface area contributed by atoms with Crippen LogP contribution in [-0.4, -0.2) is 216 Å². The van der Waals surface area contributed by atoms with E-state index in [1.165, 1.54) is 19.3 Å². The molecule has 117 heavy (non-hydrogen) atoms. The van der Waals surface area contributed by atoms with Gasteiger partial charge in [-0.25, -0.2) is 4.79 Å². The number of nitrogens with one attached hydrogen (secondary N) is 11. The van der Waals surface area contributed by atoms with E-state index >= 15 is 0 Å². The molecule has 0 aliphatic heterocycles. The Bertz CT molecular complexity index is 2520. The van der Waals surface area contributed by atoms with E-state index in [1.54, 1.807) is 75.6 Å². The third-order valence-corrected chi connectivity index (χ3v) is 30.4. The molecule has 0 atom stereocenters. The largest absolute Gasteiger partial charge is 0.356 e. The molecule has 0 saturated heterocycles. The zero-order valence-electron chi connectivity index (χ0n) is 77.9. The molecule has 696 valence electrons. The molecule has 0 aromatic carbocycles. The van der Waals surface area contributed by atoms with E-state index in [2.05, 4.69) is 155 Å². The molecule has 0 aromatic rings. The third kappa shape index (κ3) is 106. The summed E-state index contributed by atoms with van der Waals surface area (Å²) in [6.45, 7) is 66.6. The number of Topliss-reactive ketones (excluding diaryl/α,β-unsaturated/α-hetero) is 3. The van der Waals surface area contributed by atoms with Crippen LogP contribution in [0.2, 0.25) is 0 Å². The van der Waals surface area contributed by atoms with Gasteiger partial charge in [0.15, 0.2) is 0 Å². The number of urea groups is 1. The monoisotopic (exact) mass is 1880 g/mol. The van der Waals surface area contributed by atoms with Gasteiger partial charge in [0.25, 0.3) is 0 Å². The minimum atomic E-state index is -0.338. The number of ketones is 3. The van der Waals surface area contributed by atoms with E-state index in [1.807, 2.05) is 151 Å².